The maximum atomic E-state index is 13.2. The Kier molecular flexibility index (Phi) is 4.53. The number of benzene rings is 1. The standard InChI is InChI=1S/C12H17ClFN3O2S/c1-17-4-2-8(3-5-17)16-20(18,19)12-7-11(15)10(14)6-9(12)13/h6-8,16H,2-5,15H2,1H3. The number of rotatable bonds is 3. The maximum Gasteiger partial charge on any atom is 0.242 e. The van der Waals surface area contributed by atoms with Crippen molar-refractivity contribution >= 4 is 27.3 Å². The fourth-order valence-corrected chi connectivity index (χ4v) is 4.01. The van der Waals surface area contributed by atoms with Crippen molar-refractivity contribution in [2.45, 2.75) is 23.8 Å². The second-order valence-electron chi connectivity index (χ2n) is 5.00. The fourth-order valence-electron chi connectivity index (χ4n) is 2.16. The van der Waals surface area contributed by atoms with Gasteiger partial charge in [-0.3, -0.25) is 0 Å². The van der Waals surface area contributed by atoms with Crippen molar-refractivity contribution in [1.82, 2.24) is 9.62 Å². The van der Waals surface area contributed by atoms with E-state index in [9.17, 15) is 12.8 Å². The Labute approximate surface area is 122 Å². The number of halogens is 2. The SMILES string of the molecule is CN1CCC(NS(=O)(=O)c2cc(N)c(F)cc2Cl)CC1. The van der Waals surface area contributed by atoms with Crippen LogP contribution in [-0.2, 0) is 10.0 Å². The van der Waals surface area contributed by atoms with Crippen molar-refractivity contribution in [3.8, 4) is 0 Å². The number of nitrogens with one attached hydrogen (secondary N) is 1. The van der Waals surface area contributed by atoms with Crippen LogP contribution >= 0.6 is 11.6 Å². The van der Waals surface area contributed by atoms with Crippen LogP contribution < -0.4 is 10.5 Å². The molecule has 0 aromatic heterocycles. The highest BCUT2D eigenvalue weighted by Gasteiger charge is 2.25. The van der Waals surface area contributed by atoms with Gasteiger partial charge < -0.3 is 10.6 Å². The number of likely N-dealkylation sites (tertiary alicyclic amines) is 1. The van der Waals surface area contributed by atoms with Gasteiger partial charge >= 0.3 is 0 Å². The Morgan fingerprint density at radius 2 is 2.00 bits per heavy atom. The summed E-state index contributed by atoms with van der Waals surface area (Å²) >= 11 is 5.80. The molecule has 20 heavy (non-hydrogen) atoms. The van der Waals surface area contributed by atoms with E-state index in [1.165, 1.54) is 0 Å². The van der Waals surface area contributed by atoms with E-state index in [2.05, 4.69) is 9.62 Å². The molecule has 1 aliphatic rings. The summed E-state index contributed by atoms with van der Waals surface area (Å²) in [6.07, 6.45) is 1.45. The molecule has 0 aliphatic carbocycles. The van der Waals surface area contributed by atoms with Crippen LogP contribution in [0.25, 0.3) is 0 Å². The summed E-state index contributed by atoms with van der Waals surface area (Å²) in [5.41, 5.74) is 5.17. The third-order valence-electron chi connectivity index (χ3n) is 3.38. The Morgan fingerprint density at radius 3 is 2.60 bits per heavy atom. The van der Waals surface area contributed by atoms with Gasteiger partial charge in [0.15, 0.2) is 0 Å². The Balaban J connectivity index is 2.20. The molecule has 3 N–H and O–H groups in total. The van der Waals surface area contributed by atoms with Gasteiger partial charge in [-0.15, -0.1) is 0 Å². The summed E-state index contributed by atoms with van der Waals surface area (Å²) < 4.78 is 40.4. The average molecular weight is 322 g/mol. The van der Waals surface area contributed by atoms with E-state index in [-0.39, 0.29) is 21.6 Å². The van der Waals surface area contributed by atoms with Crippen LogP contribution in [0.2, 0.25) is 5.02 Å². The van der Waals surface area contributed by atoms with Crippen molar-refractivity contribution in [2.75, 3.05) is 25.9 Å². The minimum atomic E-state index is -3.79. The topological polar surface area (TPSA) is 75.4 Å². The zero-order chi connectivity index (χ0) is 14.9. The van der Waals surface area contributed by atoms with Gasteiger partial charge in [-0.1, -0.05) is 11.6 Å². The van der Waals surface area contributed by atoms with Crippen LogP contribution in [-0.4, -0.2) is 39.5 Å². The molecular weight excluding hydrogens is 305 g/mol. The molecule has 0 saturated carbocycles. The molecule has 0 unspecified atom stereocenters. The van der Waals surface area contributed by atoms with Crippen LogP contribution in [0.3, 0.4) is 0 Å². The van der Waals surface area contributed by atoms with Gasteiger partial charge in [-0.25, -0.2) is 17.5 Å². The van der Waals surface area contributed by atoms with Crippen molar-refractivity contribution in [3.05, 3.63) is 23.0 Å². The fraction of sp³-hybridized carbons (Fsp3) is 0.500. The smallest absolute Gasteiger partial charge is 0.242 e. The number of hydrogen-bond donors (Lipinski definition) is 2. The molecular formula is C12H17ClFN3O2S. The van der Waals surface area contributed by atoms with Crippen LogP contribution in [0.5, 0.6) is 0 Å². The van der Waals surface area contributed by atoms with E-state index in [0.717, 1.165) is 38.1 Å². The van der Waals surface area contributed by atoms with Crippen molar-refractivity contribution in [2.24, 2.45) is 0 Å². The number of nitrogens with two attached hydrogens (primary N) is 1. The minimum absolute atomic E-state index is 0.140. The molecule has 1 fully saturated rings. The lowest BCUT2D eigenvalue weighted by Gasteiger charge is -2.29. The summed E-state index contributed by atoms with van der Waals surface area (Å²) in [6, 6.07) is 1.83. The first-order chi connectivity index (χ1) is 9.29. The van der Waals surface area contributed by atoms with Crippen LogP contribution in [0.1, 0.15) is 12.8 Å². The Hall–Kier alpha value is -0.890. The number of hydrogen-bond acceptors (Lipinski definition) is 4. The molecule has 1 aromatic rings. The lowest BCUT2D eigenvalue weighted by atomic mass is 10.1. The summed E-state index contributed by atoms with van der Waals surface area (Å²) in [4.78, 5) is 1.95. The molecule has 0 radical (unpaired) electrons. The van der Waals surface area contributed by atoms with Gasteiger partial charge in [0.25, 0.3) is 0 Å². The van der Waals surface area contributed by atoms with E-state index < -0.39 is 15.8 Å². The minimum Gasteiger partial charge on any atom is -0.396 e. The quantitative estimate of drug-likeness (QED) is 0.826. The van der Waals surface area contributed by atoms with Gasteiger partial charge in [0, 0.05) is 6.04 Å². The van der Waals surface area contributed by atoms with Gasteiger partial charge in [0.05, 0.1) is 10.7 Å². The molecule has 1 aliphatic heterocycles. The molecule has 112 valence electrons. The molecule has 5 nitrogen and oxygen atoms in total. The molecule has 0 spiro atoms. The zero-order valence-electron chi connectivity index (χ0n) is 11.1. The third-order valence-corrected chi connectivity index (χ3v) is 5.37. The first-order valence-corrected chi connectivity index (χ1v) is 8.11. The summed E-state index contributed by atoms with van der Waals surface area (Å²) in [5.74, 6) is -0.728. The van der Waals surface area contributed by atoms with Crippen molar-refractivity contribution < 1.29 is 12.8 Å². The third kappa shape index (κ3) is 3.41. The highest BCUT2D eigenvalue weighted by molar-refractivity contribution is 7.89. The van der Waals surface area contributed by atoms with Crippen molar-refractivity contribution in [1.29, 1.82) is 0 Å². The lowest BCUT2D eigenvalue weighted by molar-refractivity contribution is 0.248. The second kappa shape index (κ2) is 5.85. The number of piperidine rings is 1. The number of nitrogens with zero attached hydrogens (tertiary/aromatic N) is 1. The molecule has 2 rings (SSSR count). The first-order valence-electron chi connectivity index (χ1n) is 6.25. The number of sulfonamides is 1. The molecule has 8 heteroatoms. The average Bonchev–Trinajstić information content (AvgIpc) is 2.36. The monoisotopic (exact) mass is 321 g/mol. The molecule has 1 saturated heterocycles. The number of anilines is 1. The van der Waals surface area contributed by atoms with E-state index in [4.69, 9.17) is 17.3 Å². The van der Waals surface area contributed by atoms with Gasteiger partial charge in [-0.2, -0.15) is 0 Å². The van der Waals surface area contributed by atoms with Crippen LogP contribution in [0.4, 0.5) is 10.1 Å². The van der Waals surface area contributed by atoms with E-state index in [1.807, 2.05) is 7.05 Å². The normalized spacial score (nSPS) is 18.4. The number of nitrogen functional groups attached to an aromatic ring is 1. The second-order valence-corrected chi connectivity index (χ2v) is 7.09. The van der Waals surface area contributed by atoms with Crippen LogP contribution in [0, 0.1) is 5.82 Å². The molecule has 1 aromatic carbocycles. The van der Waals surface area contributed by atoms with Gasteiger partial charge in [-0.05, 0) is 45.1 Å². The predicted molar refractivity (Wildman–Crippen MR) is 76.7 cm³/mol. The van der Waals surface area contributed by atoms with Crippen molar-refractivity contribution in [3.63, 3.8) is 0 Å². The van der Waals surface area contributed by atoms with E-state index >= 15 is 0 Å². The molecule has 0 bridgehead atoms. The molecule has 0 amide bonds. The molecule has 0 atom stereocenters. The molecule has 1 heterocycles. The lowest BCUT2D eigenvalue weighted by Crippen LogP contribution is -2.43. The summed E-state index contributed by atoms with van der Waals surface area (Å²) in [5, 5.41) is -0.169. The van der Waals surface area contributed by atoms with Crippen LogP contribution in [0.15, 0.2) is 17.0 Å². The predicted octanol–water partition coefficient (Wildman–Crippen LogP) is 1.43. The Morgan fingerprint density at radius 1 is 1.40 bits per heavy atom. The van der Waals surface area contributed by atoms with E-state index in [1.54, 1.807) is 0 Å². The zero-order valence-corrected chi connectivity index (χ0v) is 12.6. The highest BCUT2D eigenvalue weighted by atomic mass is 35.5. The largest absolute Gasteiger partial charge is 0.396 e. The van der Waals surface area contributed by atoms with Gasteiger partial charge in [0.1, 0.15) is 10.7 Å². The first kappa shape index (κ1) is 15.5. The Bertz CT molecular complexity index is 601. The summed E-state index contributed by atoms with van der Waals surface area (Å²) in [7, 11) is -1.81. The van der Waals surface area contributed by atoms with E-state index in [0.29, 0.717) is 0 Å². The van der Waals surface area contributed by atoms with Gasteiger partial charge in [0.2, 0.25) is 10.0 Å². The maximum absolute atomic E-state index is 13.2. The highest BCUT2D eigenvalue weighted by Crippen LogP contribution is 2.27. The summed E-state index contributed by atoms with van der Waals surface area (Å²) in [6.45, 7) is 1.65.